The Kier molecular flexibility index (Phi) is 3.35. The largest absolute Gasteiger partial charge is 0.446 e. The summed E-state index contributed by atoms with van der Waals surface area (Å²) in [5.41, 5.74) is 1.25. The Bertz CT molecular complexity index is 794. The molecule has 2 bridgehead atoms. The summed E-state index contributed by atoms with van der Waals surface area (Å²) in [5, 5.41) is 12.9. The lowest BCUT2D eigenvalue weighted by molar-refractivity contribution is 0.0217. The quantitative estimate of drug-likeness (QED) is 0.925. The third-order valence-corrected chi connectivity index (χ3v) is 5.36. The summed E-state index contributed by atoms with van der Waals surface area (Å²) >= 11 is 0. The van der Waals surface area contributed by atoms with E-state index in [9.17, 15) is 4.79 Å². The summed E-state index contributed by atoms with van der Waals surface area (Å²) in [4.78, 5) is 15.1. The zero-order chi connectivity index (χ0) is 16.0. The standard InChI is InChI=1S/C18H19N3O2/c1-11-17(12-4-6-21(11)7-5-12)20-18(22)13-2-3-16-14(8-13)9-15(10-19)23-16/h2-3,8-9,11-12,17H,4-7H2,1H3,(H,20,22). The van der Waals surface area contributed by atoms with Gasteiger partial charge in [0, 0.05) is 29.1 Å². The van der Waals surface area contributed by atoms with Crippen LogP contribution in [-0.4, -0.2) is 36.0 Å². The highest BCUT2D eigenvalue weighted by atomic mass is 16.3. The predicted octanol–water partition coefficient (Wildman–Crippen LogP) is 2.52. The number of hydrogen-bond acceptors (Lipinski definition) is 4. The van der Waals surface area contributed by atoms with Crippen LogP contribution in [0.15, 0.2) is 28.7 Å². The molecule has 3 aliphatic heterocycles. The van der Waals surface area contributed by atoms with Gasteiger partial charge in [0.2, 0.25) is 5.76 Å². The summed E-state index contributed by atoms with van der Waals surface area (Å²) in [6.07, 6.45) is 2.34. The number of piperidine rings is 3. The van der Waals surface area contributed by atoms with Gasteiger partial charge in [0.05, 0.1) is 0 Å². The normalized spacial score (nSPS) is 29.4. The van der Waals surface area contributed by atoms with Crippen molar-refractivity contribution in [2.75, 3.05) is 13.1 Å². The van der Waals surface area contributed by atoms with Crippen LogP contribution in [0.25, 0.3) is 11.0 Å². The summed E-state index contributed by atoms with van der Waals surface area (Å²) in [5.74, 6) is 0.808. The van der Waals surface area contributed by atoms with Crippen LogP contribution >= 0.6 is 0 Å². The molecule has 2 atom stereocenters. The number of carbonyl (C=O) groups is 1. The third kappa shape index (κ3) is 2.40. The highest BCUT2D eigenvalue weighted by molar-refractivity contribution is 5.98. The maximum absolute atomic E-state index is 12.6. The van der Waals surface area contributed by atoms with E-state index in [-0.39, 0.29) is 17.7 Å². The van der Waals surface area contributed by atoms with Crippen LogP contribution in [0.2, 0.25) is 0 Å². The Morgan fingerprint density at radius 3 is 2.83 bits per heavy atom. The first-order valence-corrected chi connectivity index (χ1v) is 8.14. The molecule has 118 valence electrons. The number of nitrogens with one attached hydrogen (secondary N) is 1. The van der Waals surface area contributed by atoms with E-state index in [0.717, 1.165) is 18.5 Å². The second kappa shape index (κ2) is 5.39. The van der Waals surface area contributed by atoms with E-state index in [1.54, 1.807) is 24.3 Å². The van der Waals surface area contributed by atoms with Crippen molar-refractivity contribution in [2.24, 2.45) is 5.92 Å². The maximum atomic E-state index is 12.6. The summed E-state index contributed by atoms with van der Waals surface area (Å²) in [6.45, 7) is 4.50. The van der Waals surface area contributed by atoms with Crippen LogP contribution in [0, 0.1) is 17.2 Å². The van der Waals surface area contributed by atoms with Crippen molar-refractivity contribution in [2.45, 2.75) is 31.8 Å². The summed E-state index contributed by atoms with van der Waals surface area (Å²) < 4.78 is 5.36. The van der Waals surface area contributed by atoms with Gasteiger partial charge in [0.25, 0.3) is 5.91 Å². The fourth-order valence-electron chi connectivity index (χ4n) is 4.02. The SMILES string of the molecule is CC1C(NC(=O)c2ccc3oc(C#N)cc3c2)C2CCN1CC2. The minimum atomic E-state index is -0.0443. The van der Waals surface area contributed by atoms with Crippen LogP contribution in [0.5, 0.6) is 0 Å². The monoisotopic (exact) mass is 309 g/mol. The Balaban J connectivity index is 1.56. The lowest BCUT2D eigenvalue weighted by Crippen LogP contribution is -2.62. The van der Waals surface area contributed by atoms with Gasteiger partial charge in [-0.1, -0.05) is 0 Å². The molecule has 2 aromatic rings. The van der Waals surface area contributed by atoms with Crippen molar-refractivity contribution in [1.29, 1.82) is 5.26 Å². The van der Waals surface area contributed by atoms with Crippen molar-refractivity contribution >= 4 is 16.9 Å². The van der Waals surface area contributed by atoms with Gasteiger partial charge in [-0.3, -0.25) is 9.69 Å². The average Bonchev–Trinajstić information content (AvgIpc) is 3.00. The molecule has 5 heteroatoms. The third-order valence-electron chi connectivity index (χ3n) is 5.36. The van der Waals surface area contributed by atoms with Gasteiger partial charge in [-0.25, -0.2) is 0 Å². The number of amides is 1. The number of rotatable bonds is 2. The maximum Gasteiger partial charge on any atom is 0.251 e. The van der Waals surface area contributed by atoms with E-state index in [4.69, 9.17) is 9.68 Å². The van der Waals surface area contributed by atoms with Crippen LogP contribution in [0.3, 0.4) is 0 Å². The number of benzene rings is 1. The lowest BCUT2D eigenvalue weighted by Gasteiger charge is -2.49. The van der Waals surface area contributed by atoms with Crippen LogP contribution in [-0.2, 0) is 0 Å². The molecule has 5 rings (SSSR count). The zero-order valence-electron chi connectivity index (χ0n) is 13.1. The molecule has 1 N–H and O–H groups in total. The van der Waals surface area contributed by atoms with E-state index in [0.29, 0.717) is 23.1 Å². The number of nitrogens with zero attached hydrogens (tertiary/aromatic N) is 2. The van der Waals surface area contributed by atoms with Crippen molar-refractivity contribution in [3.63, 3.8) is 0 Å². The highest BCUT2D eigenvalue weighted by Crippen LogP contribution is 2.32. The van der Waals surface area contributed by atoms with Crippen LogP contribution in [0.1, 0.15) is 35.9 Å². The number of carbonyl (C=O) groups excluding carboxylic acids is 1. The van der Waals surface area contributed by atoms with Gasteiger partial charge in [-0.05, 0) is 57.0 Å². The number of nitriles is 1. The molecule has 1 aromatic heterocycles. The van der Waals surface area contributed by atoms with Crippen molar-refractivity contribution < 1.29 is 9.21 Å². The Morgan fingerprint density at radius 1 is 1.35 bits per heavy atom. The molecule has 0 saturated carbocycles. The number of fused-ring (bicyclic) bond motifs is 4. The highest BCUT2D eigenvalue weighted by Gasteiger charge is 2.40. The second-order valence-corrected chi connectivity index (χ2v) is 6.59. The molecule has 0 aliphatic carbocycles. The molecular formula is C18H19N3O2. The van der Waals surface area contributed by atoms with Gasteiger partial charge in [-0.15, -0.1) is 0 Å². The first-order valence-electron chi connectivity index (χ1n) is 8.14. The lowest BCUT2D eigenvalue weighted by atomic mass is 9.79. The summed E-state index contributed by atoms with van der Waals surface area (Å²) in [6, 6.07) is 9.58. The molecule has 1 aromatic carbocycles. The van der Waals surface area contributed by atoms with Gasteiger partial charge >= 0.3 is 0 Å². The van der Waals surface area contributed by atoms with E-state index in [1.807, 2.05) is 6.07 Å². The van der Waals surface area contributed by atoms with Crippen molar-refractivity contribution in [1.82, 2.24) is 10.2 Å². The molecule has 23 heavy (non-hydrogen) atoms. The van der Waals surface area contributed by atoms with Gasteiger partial charge < -0.3 is 9.73 Å². The molecule has 5 nitrogen and oxygen atoms in total. The van der Waals surface area contributed by atoms with E-state index in [1.165, 1.54) is 12.8 Å². The van der Waals surface area contributed by atoms with Crippen molar-refractivity contribution in [3.8, 4) is 6.07 Å². The van der Waals surface area contributed by atoms with Gasteiger partial charge in [0.15, 0.2) is 0 Å². The molecule has 4 heterocycles. The fraction of sp³-hybridized carbons (Fsp3) is 0.444. The van der Waals surface area contributed by atoms with Gasteiger partial charge in [-0.2, -0.15) is 5.26 Å². The van der Waals surface area contributed by atoms with E-state index < -0.39 is 0 Å². The molecule has 2 unspecified atom stereocenters. The van der Waals surface area contributed by atoms with E-state index >= 15 is 0 Å². The number of furan rings is 1. The molecule has 3 fully saturated rings. The Hall–Kier alpha value is -2.32. The molecule has 3 saturated heterocycles. The fourth-order valence-corrected chi connectivity index (χ4v) is 4.02. The molecule has 3 aliphatic rings. The molecule has 0 radical (unpaired) electrons. The Morgan fingerprint density at radius 2 is 2.13 bits per heavy atom. The van der Waals surface area contributed by atoms with Crippen LogP contribution in [0.4, 0.5) is 0 Å². The smallest absolute Gasteiger partial charge is 0.251 e. The minimum Gasteiger partial charge on any atom is -0.446 e. The molecular weight excluding hydrogens is 290 g/mol. The van der Waals surface area contributed by atoms with Gasteiger partial charge in [0.1, 0.15) is 11.7 Å². The first kappa shape index (κ1) is 14.3. The first-order chi connectivity index (χ1) is 11.2. The number of hydrogen-bond donors (Lipinski definition) is 1. The summed E-state index contributed by atoms with van der Waals surface area (Å²) in [7, 11) is 0. The topological polar surface area (TPSA) is 69.3 Å². The van der Waals surface area contributed by atoms with E-state index in [2.05, 4.69) is 17.1 Å². The molecule has 0 spiro atoms. The second-order valence-electron chi connectivity index (χ2n) is 6.59. The predicted molar refractivity (Wildman–Crippen MR) is 85.9 cm³/mol. The zero-order valence-corrected chi connectivity index (χ0v) is 13.1. The Labute approximate surface area is 134 Å². The van der Waals surface area contributed by atoms with Crippen molar-refractivity contribution in [3.05, 3.63) is 35.6 Å². The minimum absolute atomic E-state index is 0.0443. The average molecular weight is 309 g/mol. The molecule has 1 amide bonds. The van der Waals surface area contributed by atoms with Crippen LogP contribution < -0.4 is 5.32 Å².